The van der Waals surface area contributed by atoms with Crippen molar-refractivity contribution in [2.75, 3.05) is 5.73 Å². The van der Waals surface area contributed by atoms with Gasteiger partial charge >= 0.3 is 0 Å². The second kappa shape index (κ2) is 5.68. The van der Waals surface area contributed by atoms with Crippen molar-refractivity contribution < 1.29 is 4.79 Å². The Labute approximate surface area is 110 Å². The predicted molar refractivity (Wildman–Crippen MR) is 75.5 cm³/mol. The Bertz CT molecular complexity index is 608. The fourth-order valence-corrected chi connectivity index (χ4v) is 1.55. The van der Waals surface area contributed by atoms with Gasteiger partial charge in [-0.1, -0.05) is 42.5 Å². The maximum Gasteiger partial charge on any atom is 0.273 e. The van der Waals surface area contributed by atoms with E-state index in [4.69, 9.17) is 11.5 Å². The number of hydrazone groups is 1. The topological polar surface area (TPSA) is 93.5 Å². The lowest BCUT2D eigenvalue weighted by atomic mass is 10.2. The summed E-state index contributed by atoms with van der Waals surface area (Å²) in [5.74, 6) is -0.152. The van der Waals surface area contributed by atoms with E-state index in [0.29, 0.717) is 11.3 Å². The van der Waals surface area contributed by atoms with Gasteiger partial charge in [0, 0.05) is 11.3 Å². The monoisotopic (exact) mass is 254 g/mol. The van der Waals surface area contributed by atoms with E-state index in [1.165, 1.54) is 0 Å². The molecule has 2 rings (SSSR count). The summed E-state index contributed by atoms with van der Waals surface area (Å²) in [6, 6.07) is 15.9. The zero-order valence-corrected chi connectivity index (χ0v) is 10.2. The van der Waals surface area contributed by atoms with Crippen molar-refractivity contribution in [2.24, 2.45) is 10.8 Å². The number of carbonyl (C=O) groups is 1. The molecule has 2 aromatic rings. The Morgan fingerprint density at radius 2 is 1.63 bits per heavy atom. The Morgan fingerprint density at radius 1 is 1.00 bits per heavy atom. The first-order valence-electron chi connectivity index (χ1n) is 5.72. The molecule has 0 unspecified atom stereocenters. The highest BCUT2D eigenvalue weighted by Crippen LogP contribution is 2.09. The number of hydrogen-bond acceptors (Lipinski definition) is 3. The fraction of sp³-hybridized carbons (Fsp3) is 0. The number of nitrogens with one attached hydrogen (secondary N) is 1. The minimum Gasteiger partial charge on any atom is -0.398 e. The number of nitrogens with zero attached hydrogens (tertiary/aromatic N) is 1. The van der Waals surface area contributed by atoms with Crippen LogP contribution < -0.4 is 16.9 Å². The van der Waals surface area contributed by atoms with Gasteiger partial charge in [0.2, 0.25) is 0 Å². The highest BCUT2D eigenvalue weighted by molar-refractivity contribution is 6.01. The van der Waals surface area contributed by atoms with Crippen LogP contribution in [0.4, 0.5) is 5.69 Å². The van der Waals surface area contributed by atoms with E-state index in [1.807, 2.05) is 30.3 Å². The summed E-state index contributed by atoms with van der Waals surface area (Å²) in [7, 11) is 0. The van der Waals surface area contributed by atoms with Crippen LogP contribution in [-0.4, -0.2) is 11.7 Å². The molecule has 0 aliphatic heterocycles. The highest BCUT2D eigenvalue weighted by Gasteiger charge is 2.07. The van der Waals surface area contributed by atoms with E-state index in [0.717, 1.165) is 5.56 Å². The van der Waals surface area contributed by atoms with E-state index >= 15 is 0 Å². The van der Waals surface area contributed by atoms with E-state index in [2.05, 4.69) is 10.5 Å². The molecule has 0 saturated carbocycles. The standard InChI is InChI=1S/C14H14N4O/c15-12-9-5-4-8-11(12)14(19)18-17-13(16)10-6-2-1-3-7-10/h1-9H,15H2,(H2,16,17)(H,18,19). The molecule has 0 heterocycles. The number of para-hydroxylation sites is 1. The normalized spacial score (nSPS) is 11.1. The van der Waals surface area contributed by atoms with Gasteiger partial charge in [-0.25, -0.2) is 5.43 Å². The Balaban J connectivity index is 2.11. The molecule has 5 heteroatoms. The minimum absolute atomic E-state index is 0.239. The molecule has 0 aromatic heterocycles. The molecule has 0 bridgehead atoms. The van der Waals surface area contributed by atoms with E-state index in [9.17, 15) is 4.79 Å². The number of amidine groups is 1. The molecule has 96 valence electrons. The molecule has 0 aliphatic rings. The molecule has 0 fully saturated rings. The van der Waals surface area contributed by atoms with Gasteiger partial charge < -0.3 is 11.5 Å². The third kappa shape index (κ3) is 3.10. The number of nitrogens with two attached hydrogens (primary N) is 2. The number of rotatable bonds is 3. The van der Waals surface area contributed by atoms with Gasteiger partial charge in [-0.2, -0.15) is 5.10 Å². The lowest BCUT2D eigenvalue weighted by molar-refractivity contribution is 0.0955. The van der Waals surface area contributed by atoms with Crippen molar-refractivity contribution in [1.29, 1.82) is 0 Å². The van der Waals surface area contributed by atoms with Crippen molar-refractivity contribution in [1.82, 2.24) is 5.43 Å². The number of anilines is 1. The summed E-state index contributed by atoms with van der Waals surface area (Å²) in [4.78, 5) is 11.8. The van der Waals surface area contributed by atoms with Crippen LogP contribution in [0.3, 0.4) is 0 Å². The molecule has 5 nitrogen and oxygen atoms in total. The maximum absolute atomic E-state index is 11.8. The van der Waals surface area contributed by atoms with Crippen molar-refractivity contribution in [3.05, 3.63) is 65.7 Å². The molecule has 19 heavy (non-hydrogen) atoms. The van der Waals surface area contributed by atoms with Gasteiger partial charge in [-0.05, 0) is 12.1 Å². The van der Waals surface area contributed by atoms with E-state index in [1.54, 1.807) is 24.3 Å². The number of hydrogen-bond donors (Lipinski definition) is 3. The summed E-state index contributed by atoms with van der Waals surface area (Å²) >= 11 is 0. The number of amides is 1. The van der Waals surface area contributed by atoms with Crippen LogP contribution in [0.2, 0.25) is 0 Å². The largest absolute Gasteiger partial charge is 0.398 e. The molecular formula is C14H14N4O. The first-order valence-corrected chi connectivity index (χ1v) is 5.72. The van der Waals surface area contributed by atoms with Crippen LogP contribution in [0.25, 0.3) is 0 Å². The van der Waals surface area contributed by atoms with Gasteiger partial charge in [0.15, 0.2) is 5.84 Å². The summed E-state index contributed by atoms with van der Waals surface area (Å²) in [5, 5.41) is 3.85. The molecule has 2 aromatic carbocycles. The van der Waals surface area contributed by atoms with Gasteiger partial charge in [-0.15, -0.1) is 0 Å². The van der Waals surface area contributed by atoms with Crippen molar-refractivity contribution >= 4 is 17.4 Å². The van der Waals surface area contributed by atoms with Crippen molar-refractivity contribution in [3.8, 4) is 0 Å². The zero-order chi connectivity index (χ0) is 13.7. The smallest absolute Gasteiger partial charge is 0.273 e. The second-order valence-electron chi connectivity index (χ2n) is 3.89. The Kier molecular flexibility index (Phi) is 3.78. The highest BCUT2D eigenvalue weighted by atomic mass is 16.2. The molecule has 0 radical (unpaired) electrons. The lowest BCUT2D eigenvalue weighted by Crippen LogP contribution is -2.24. The Morgan fingerprint density at radius 3 is 2.32 bits per heavy atom. The van der Waals surface area contributed by atoms with Gasteiger partial charge in [0.1, 0.15) is 0 Å². The van der Waals surface area contributed by atoms with Crippen LogP contribution in [0.15, 0.2) is 59.7 Å². The Hall–Kier alpha value is -2.82. The van der Waals surface area contributed by atoms with Crippen LogP contribution in [-0.2, 0) is 0 Å². The zero-order valence-electron chi connectivity index (χ0n) is 10.2. The summed E-state index contributed by atoms with van der Waals surface area (Å²) in [5.41, 5.74) is 15.3. The second-order valence-corrected chi connectivity index (χ2v) is 3.89. The van der Waals surface area contributed by atoms with Crippen molar-refractivity contribution in [2.45, 2.75) is 0 Å². The van der Waals surface area contributed by atoms with Crippen LogP contribution in [0.5, 0.6) is 0 Å². The van der Waals surface area contributed by atoms with Gasteiger partial charge in [0.25, 0.3) is 5.91 Å². The quantitative estimate of drug-likeness (QED) is 0.334. The lowest BCUT2D eigenvalue weighted by Gasteiger charge is -2.04. The summed E-state index contributed by atoms with van der Waals surface area (Å²) in [6.07, 6.45) is 0. The maximum atomic E-state index is 11.8. The van der Waals surface area contributed by atoms with Gasteiger partial charge in [0.05, 0.1) is 5.56 Å². The average Bonchev–Trinajstić information content (AvgIpc) is 2.46. The molecular weight excluding hydrogens is 240 g/mol. The third-order valence-corrected chi connectivity index (χ3v) is 2.55. The SMILES string of the molecule is NC(=NNC(=O)c1ccccc1N)c1ccccc1. The summed E-state index contributed by atoms with van der Waals surface area (Å²) in [6.45, 7) is 0. The first kappa shape index (κ1) is 12.6. The number of nitrogen functional groups attached to an aromatic ring is 1. The molecule has 0 saturated heterocycles. The molecule has 0 spiro atoms. The van der Waals surface area contributed by atoms with Crippen LogP contribution in [0, 0.1) is 0 Å². The average molecular weight is 254 g/mol. The minimum atomic E-state index is -0.392. The molecule has 0 aliphatic carbocycles. The first-order chi connectivity index (χ1) is 9.18. The molecule has 0 atom stereocenters. The van der Waals surface area contributed by atoms with Gasteiger partial charge in [-0.3, -0.25) is 4.79 Å². The van der Waals surface area contributed by atoms with E-state index < -0.39 is 5.91 Å². The summed E-state index contributed by atoms with van der Waals surface area (Å²) < 4.78 is 0. The van der Waals surface area contributed by atoms with Crippen molar-refractivity contribution in [3.63, 3.8) is 0 Å². The van der Waals surface area contributed by atoms with E-state index in [-0.39, 0.29) is 5.84 Å². The van der Waals surface area contributed by atoms with Crippen LogP contribution in [0.1, 0.15) is 15.9 Å². The number of benzene rings is 2. The molecule has 1 amide bonds. The predicted octanol–water partition coefficient (Wildman–Crippen LogP) is 1.32. The molecule has 5 N–H and O–H groups in total. The fourth-order valence-electron chi connectivity index (χ4n) is 1.55. The van der Waals surface area contributed by atoms with Crippen LogP contribution >= 0.6 is 0 Å². The third-order valence-electron chi connectivity index (χ3n) is 2.55. The number of carbonyl (C=O) groups excluding carboxylic acids is 1.